The molecule has 31 atom stereocenters. The van der Waals surface area contributed by atoms with Gasteiger partial charge in [0.2, 0.25) is 6.29 Å². The second-order valence-corrected chi connectivity index (χ2v) is 23.6. The van der Waals surface area contributed by atoms with Crippen LogP contribution >= 0.6 is 0 Å². The van der Waals surface area contributed by atoms with Crippen molar-refractivity contribution in [2.75, 3.05) is 33.0 Å². The molecule has 4 saturated carbocycles. The molecule has 0 radical (unpaired) electrons. The van der Waals surface area contributed by atoms with Crippen molar-refractivity contribution in [3.63, 3.8) is 0 Å². The van der Waals surface area contributed by atoms with E-state index in [0.717, 1.165) is 0 Å². The van der Waals surface area contributed by atoms with E-state index in [1.807, 2.05) is 0 Å². The van der Waals surface area contributed by atoms with Crippen molar-refractivity contribution < 1.29 is 139 Å². The summed E-state index contributed by atoms with van der Waals surface area (Å²) in [5.41, 5.74) is -2.81. The van der Waals surface area contributed by atoms with Gasteiger partial charge in [-0.25, -0.2) is 0 Å². The number of rotatable bonds is 15. The van der Waals surface area contributed by atoms with Crippen LogP contribution in [0.15, 0.2) is 12.2 Å². The molecule has 0 amide bonds. The van der Waals surface area contributed by atoms with Crippen molar-refractivity contribution in [1.29, 1.82) is 0 Å². The Morgan fingerprint density at radius 1 is 0.415 bits per heavy atom. The van der Waals surface area contributed by atoms with Gasteiger partial charge < -0.3 is 134 Å². The lowest BCUT2D eigenvalue weighted by atomic mass is 9.41. The topological polar surface area (TPSA) is 453 Å². The Labute approximate surface area is 566 Å². The maximum atomic E-state index is 14.9. The lowest BCUT2D eigenvalue weighted by Crippen LogP contribution is -2.68. The lowest BCUT2D eigenvalue weighted by molar-refractivity contribution is -0.400. The summed E-state index contributed by atoms with van der Waals surface area (Å²) in [5.74, 6) is -1.14. The minimum absolute atomic E-state index is 0. The molecule has 9 rings (SSSR count). The van der Waals surface area contributed by atoms with Gasteiger partial charge >= 0.3 is 5.97 Å². The molecule has 0 aromatic carbocycles. The van der Waals surface area contributed by atoms with Crippen molar-refractivity contribution in [1.82, 2.24) is 0 Å². The van der Waals surface area contributed by atoms with Crippen molar-refractivity contribution in [3.8, 4) is 0 Å². The van der Waals surface area contributed by atoms with E-state index in [-0.39, 0.29) is 131 Å². The minimum Gasteiger partial charge on any atom is -0.432 e. The van der Waals surface area contributed by atoms with E-state index < -0.39 is 214 Å². The Morgan fingerprint density at radius 3 is 1.18 bits per heavy atom. The summed E-state index contributed by atoms with van der Waals surface area (Å²) in [6, 6.07) is 0. The number of carbonyl (C=O) groups excluding carboxylic acids is 1. The van der Waals surface area contributed by atoms with Crippen LogP contribution < -0.4 is 0 Å². The molecule has 9 fully saturated rings. The Balaban J connectivity index is -0.000000770. The van der Waals surface area contributed by atoms with Gasteiger partial charge in [0, 0.05) is 0 Å². The second kappa shape index (κ2) is 41.8. The number of fused-ring (bicyclic) bond motifs is 3. The molecule has 5 saturated heterocycles. The number of aliphatic hydroxyl groups is 17. The molecule has 17 N–H and O–H groups in total. The summed E-state index contributed by atoms with van der Waals surface area (Å²) in [7, 11) is 0. The van der Waals surface area contributed by atoms with Crippen LogP contribution in [0.2, 0.25) is 0 Å². The SMILES string of the molecule is C.C.C.C.C.C.C.C.C.C.C.C.C.C.C.C.C=C1C[C@@]23CCC4[C@](C)(C(=O)OC5OC(CO)C(O)C(O)C5OC5OC(CO)C(O)C(O)C5O)CCC[C@@]4(C)[C@@H]2CCC1(OC1OC(CO)C(O)C(OC2OC(CO)C(O)C(O)C2O)C1OC1OC(CO)C(O)C(O)C1O)C3. The molecule has 576 valence electrons. The third kappa shape index (κ3) is 18.6. The maximum Gasteiger partial charge on any atom is 0.314 e. The minimum atomic E-state index is -1.99. The van der Waals surface area contributed by atoms with Crippen LogP contribution in [0.5, 0.6) is 0 Å². The molecule has 0 aromatic rings. The first kappa shape index (κ1) is 108. The van der Waals surface area contributed by atoms with Crippen molar-refractivity contribution in [2.45, 2.75) is 350 Å². The molecule has 5 heterocycles. The number of aliphatic hydroxyl groups excluding tert-OH is 17. The zero-order chi connectivity index (χ0) is 56.7. The molecule has 4 aliphatic carbocycles. The van der Waals surface area contributed by atoms with Gasteiger partial charge in [0.1, 0.15) is 116 Å². The van der Waals surface area contributed by atoms with Crippen LogP contribution in [-0.4, -0.2) is 285 Å². The average molecular weight is 1390 g/mol. The number of esters is 1. The van der Waals surface area contributed by atoms with Gasteiger partial charge in [-0.1, -0.05) is 139 Å². The van der Waals surface area contributed by atoms with E-state index >= 15 is 0 Å². The van der Waals surface area contributed by atoms with Gasteiger partial charge in [-0.2, -0.15) is 0 Å². The fourth-order valence-corrected chi connectivity index (χ4v) is 15.0. The molecular formula is C66H144O28. The van der Waals surface area contributed by atoms with Crippen LogP contribution in [0.1, 0.15) is 190 Å². The smallest absolute Gasteiger partial charge is 0.314 e. The molecular weight excluding hydrogens is 1240 g/mol. The highest BCUT2D eigenvalue weighted by Crippen LogP contribution is 2.74. The van der Waals surface area contributed by atoms with Gasteiger partial charge in [0.15, 0.2) is 31.3 Å². The average Bonchev–Trinajstić information content (AvgIpc) is 1.69. The van der Waals surface area contributed by atoms with Crippen molar-refractivity contribution >= 4 is 5.97 Å². The van der Waals surface area contributed by atoms with Crippen LogP contribution in [-0.2, 0) is 52.2 Å². The first-order valence-corrected chi connectivity index (χ1v) is 26.9. The molecule has 5 aliphatic heterocycles. The maximum absolute atomic E-state index is 14.9. The molecule has 2 bridgehead atoms. The normalized spacial score (nSPS) is 45.2. The van der Waals surface area contributed by atoms with Crippen LogP contribution in [0.4, 0.5) is 0 Å². The van der Waals surface area contributed by atoms with Gasteiger partial charge in [0.05, 0.1) is 44.1 Å². The zero-order valence-corrected chi connectivity index (χ0v) is 43.3. The number of carbonyl (C=O) groups is 1. The lowest BCUT2D eigenvalue weighted by Gasteiger charge is -2.64. The summed E-state index contributed by atoms with van der Waals surface area (Å²) in [6.07, 6.45) is -39.9. The largest absolute Gasteiger partial charge is 0.432 e. The second-order valence-electron chi connectivity index (χ2n) is 23.6. The van der Waals surface area contributed by atoms with Crippen LogP contribution in [0.3, 0.4) is 0 Å². The Bertz CT molecular complexity index is 2080. The quantitative estimate of drug-likeness (QED) is 0.0636. The molecule has 27 unspecified atom stereocenters. The number of hydrogen-bond donors (Lipinski definition) is 17. The Kier molecular flexibility index (Phi) is 48.1. The zero-order valence-electron chi connectivity index (χ0n) is 43.3. The fourth-order valence-electron chi connectivity index (χ4n) is 15.0. The first-order valence-electron chi connectivity index (χ1n) is 26.9. The van der Waals surface area contributed by atoms with Crippen molar-refractivity contribution in [2.24, 2.45) is 28.1 Å². The van der Waals surface area contributed by atoms with Crippen LogP contribution in [0, 0.1) is 28.1 Å². The fraction of sp³-hybridized carbons (Fsp3) is 0.955. The number of ether oxygens (including phenoxy) is 10. The van der Waals surface area contributed by atoms with E-state index in [2.05, 4.69) is 13.5 Å². The highest BCUT2D eigenvalue weighted by Gasteiger charge is 2.70. The van der Waals surface area contributed by atoms with E-state index in [1.165, 1.54) is 0 Å². The Morgan fingerprint density at radius 2 is 0.766 bits per heavy atom. The Hall–Kier alpha value is -1.83. The third-order valence-corrected chi connectivity index (χ3v) is 19.2. The number of hydrogen-bond acceptors (Lipinski definition) is 28. The summed E-state index contributed by atoms with van der Waals surface area (Å²) < 4.78 is 60.3. The van der Waals surface area contributed by atoms with E-state index in [1.54, 1.807) is 6.92 Å². The molecule has 9 aliphatic rings. The third-order valence-electron chi connectivity index (χ3n) is 19.2. The standard InChI is InChI=1S/C50H80O28.16CH4/c1-18-11-49-9-5-24-47(2,7-4-8-48(24,3)46(68)77-44-39(34(64)29(59)22(15-54)72-44)75-42-36(66)32(62)27(57)20(13-52)70-42)25(49)6-10-50(18,17-49)78-45-40(76-43-37(67)33(63)28(58)21(14-53)71-43)38(30(60)23(16-55)73-45)74-41-35(65)31(61)26(56)19(12-51)69-41;;;;;;;;;;;;;;;;/h19-45,51-67H,1,4-17H2,2-3H3;16*1H4/t19?,20?,21?,22?,23?,24?,25-,26?,27?,28?,29?,30?,31?,32?,33?,34?,35?,36?,37?,38?,39?,40?,41?,42?,43?,44?,45?,47+,48+,49+,50?;;;;;;;;;;;;;;;;/m0................/s1. The molecule has 0 aromatic heterocycles. The molecule has 1 spiro atoms. The van der Waals surface area contributed by atoms with E-state index in [9.17, 15) is 91.6 Å². The van der Waals surface area contributed by atoms with Gasteiger partial charge in [0.25, 0.3) is 0 Å². The van der Waals surface area contributed by atoms with Crippen molar-refractivity contribution in [3.05, 3.63) is 12.2 Å². The van der Waals surface area contributed by atoms with E-state index in [0.29, 0.717) is 63.4 Å². The highest BCUT2D eigenvalue weighted by molar-refractivity contribution is 5.77. The van der Waals surface area contributed by atoms with Gasteiger partial charge in [-0.3, -0.25) is 4.79 Å². The predicted molar refractivity (Wildman–Crippen MR) is 359 cm³/mol. The first-order chi connectivity index (χ1) is 36.9. The highest BCUT2D eigenvalue weighted by atomic mass is 16.8. The van der Waals surface area contributed by atoms with E-state index in [4.69, 9.17) is 47.4 Å². The predicted octanol–water partition coefficient (Wildman–Crippen LogP) is 2.89. The summed E-state index contributed by atoms with van der Waals surface area (Å²) in [4.78, 5) is 14.9. The molecule has 28 nitrogen and oxygen atoms in total. The molecule has 94 heavy (non-hydrogen) atoms. The van der Waals surface area contributed by atoms with Gasteiger partial charge in [-0.05, 0) is 86.5 Å². The van der Waals surface area contributed by atoms with Gasteiger partial charge in [-0.15, -0.1) is 0 Å². The summed E-state index contributed by atoms with van der Waals surface area (Å²) >= 11 is 0. The van der Waals surface area contributed by atoms with Crippen LogP contribution in [0.25, 0.3) is 0 Å². The summed E-state index contributed by atoms with van der Waals surface area (Å²) in [5, 5.41) is 181. The monoisotopic (exact) mass is 1380 g/mol. The summed E-state index contributed by atoms with van der Waals surface area (Å²) in [6.45, 7) is 4.32. The molecule has 28 heteroatoms.